The van der Waals surface area contributed by atoms with Crippen molar-refractivity contribution in [2.24, 2.45) is 0 Å². The number of carbonyl (C=O) groups is 2. The van der Waals surface area contributed by atoms with E-state index in [1.165, 1.54) is 69.8 Å². The van der Waals surface area contributed by atoms with Crippen LogP contribution in [0.3, 0.4) is 0 Å². The van der Waals surface area contributed by atoms with Gasteiger partial charge in [-0.05, 0) is 62.9 Å². The SMILES string of the molecule is CCCCCCCCCCC1(CCCCCCCC)C(=CC2=C([O-])C(=CC3=[N+](C)c4ccccc4C3(C)C)C2=O)N(CCCCCC)c2ccc(C(=O)O)cc21. The Bertz CT molecular complexity index is 1830. The number of carbonyl (C=O) groups excluding carboxylic acids is 1. The Labute approximate surface area is 338 Å². The topological polar surface area (TPSA) is 83.7 Å². The number of hydrogen-bond acceptors (Lipinski definition) is 4. The molecular formula is C50H70N2O4. The minimum Gasteiger partial charge on any atom is -0.871 e. The summed E-state index contributed by atoms with van der Waals surface area (Å²) in [5.41, 5.74) is 6.35. The molecule has 0 amide bonds. The molecular weight excluding hydrogens is 693 g/mol. The van der Waals surface area contributed by atoms with Crippen molar-refractivity contribution in [1.29, 1.82) is 0 Å². The number of carboxylic acids is 1. The molecule has 6 nitrogen and oxygen atoms in total. The van der Waals surface area contributed by atoms with Crippen LogP contribution in [0.1, 0.15) is 185 Å². The first-order valence-electron chi connectivity index (χ1n) is 22.3. The van der Waals surface area contributed by atoms with Crippen LogP contribution in [0.4, 0.5) is 11.4 Å². The van der Waals surface area contributed by atoms with Crippen molar-refractivity contribution in [3.8, 4) is 0 Å². The molecule has 6 heteroatoms. The molecule has 2 aromatic carbocycles. The number of nitrogens with zero attached hydrogens (tertiary/aromatic N) is 2. The standard InChI is InChI=1S/C50H70N2O4/c1-7-10-13-16-18-19-21-25-32-50(31-24-20-17-14-11-8-2)41-34-37(48(55)56)29-30-43(41)52(33-26-15-12-9-3)45(50)36-39-46(53)38(47(39)54)35-44-49(4,5)40-27-22-23-28-42(40)51(44)6/h22-23,27-30,34-36H,7-21,24-26,31-33H2,1-6H3,(H-,53,54,55,56). The van der Waals surface area contributed by atoms with Crippen LogP contribution >= 0.6 is 0 Å². The third-order valence-electron chi connectivity index (χ3n) is 13.0. The Balaban J connectivity index is 1.58. The lowest BCUT2D eigenvalue weighted by Gasteiger charge is -2.37. The summed E-state index contributed by atoms with van der Waals surface area (Å²) in [6.45, 7) is 11.8. The Morgan fingerprint density at radius 1 is 0.750 bits per heavy atom. The van der Waals surface area contributed by atoms with Crippen molar-refractivity contribution in [3.63, 3.8) is 0 Å². The number of allylic oxidation sites excluding steroid dienone is 5. The average molecular weight is 763 g/mol. The maximum absolute atomic E-state index is 14.2. The summed E-state index contributed by atoms with van der Waals surface area (Å²) in [6, 6.07) is 13.9. The number of carboxylic acid groups (broad SMARTS) is 1. The van der Waals surface area contributed by atoms with E-state index in [0.29, 0.717) is 5.56 Å². The first-order chi connectivity index (χ1) is 27.0. The zero-order valence-corrected chi connectivity index (χ0v) is 35.6. The van der Waals surface area contributed by atoms with Gasteiger partial charge >= 0.3 is 5.97 Å². The Morgan fingerprint density at radius 3 is 1.86 bits per heavy atom. The summed E-state index contributed by atoms with van der Waals surface area (Å²) in [6.07, 6.45) is 26.5. The molecule has 1 unspecified atom stereocenters. The molecule has 56 heavy (non-hydrogen) atoms. The van der Waals surface area contributed by atoms with Crippen LogP contribution in [0.25, 0.3) is 0 Å². The van der Waals surface area contributed by atoms with Crippen molar-refractivity contribution in [3.05, 3.63) is 93.9 Å². The van der Waals surface area contributed by atoms with E-state index in [2.05, 4.69) is 56.2 Å². The number of unbranched alkanes of at least 4 members (excludes halogenated alkanes) is 15. The van der Waals surface area contributed by atoms with Crippen LogP contribution in [-0.2, 0) is 15.6 Å². The van der Waals surface area contributed by atoms with Crippen LogP contribution in [0, 0.1) is 0 Å². The van der Waals surface area contributed by atoms with Gasteiger partial charge in [-0.15, -0.1) is 0 Å². The number of para-hydroxylation sites is 1. The molecule has 1 N–H and O–H groups in total. The van der Waals surface area contributed by atoms with Gasteiger partial charge in [-0.2, -0.15) is 4.58 Å². The number of hydrogen-bond donors (Lipinski definition) is 1. The van der Waals surface area contributed by atoms with E-state index in [1.54, 1.807) is 6.07 Å². The second kappa shape index (κ2) is 20.0. The zero-order chi connectivity index (χ0) is 40.3. The van der Waals surface area contributed by atoms with Crippen LogP contribution in [0.15, 0.2) is 77.2 Å². The molecule has 0 aromatic heterocycles. The van der Waals surface area contributed by atoms with Gasteiger partial charge in [0.1, 0.15) is 7.05 Å². The highest BCUT2D eigenvalue weighted by Crippen LogP contribution is 2.55. The van der Waals surface area contributed by atoms with E-state index < -0.39 is 11.4 Å². The molecule has 2 aromatic rings. The first-order valence-corrected chi connectivity index (χ1v) is 22.3. The highest BCUT2D eigenvalue weighted by molar-refractivity contribution is 6.24. The number of aromatic carboxylic acids is 1. The molecule has 0 saturated carbocycles. The number of benzene rings is 2. The smallest absolute Gasteiger partial charge is 0.335 e. The predicted molar refractivity (Wildman–Crippen MR) is 230 cm³/mol. The van der Waals surface area contributed by atoms with E-state index >= 15 is 0 Å². The van der Waals surface area contributed by atoms with Crippen molar-refractivity contribution >= 4 is 28.8 Å². The lowest BCUT2D eigenvalue weighted by atomic mass is 9.70. The molecule has 2 heterocycles. The quantitative estimate of drug-likeness (QED) is 0.0654. The van der Waals surface area contributed by atoms with Crippen molar-refractivity contribution in [2.45, 2.75) is 174 Å². The molecule has 3 aliphatic rings. The summed E-state index contributed by atoms with van der Waals surface area (Å²) in [7, 11) is 2.01. The van der Waals surface area contributed by atoms with Gasteiger partial charge in [-0.3, -0.25) is 4.79 Å². The Kier molecular flexibility index (Phi) is 15.4. The molecule has 5 rings (SSSR count). The Morgan fingerprint density at radius 2 is 1.30 bits per heavy atom. The fourth-order valence-electron chi connectivity index (χ4n) is 9.61. The van der Waals surface area contributed by atoms with Gasteiger partial charge in [-0.1, -0.05) is 154 Å². The molecule has 0 spiro atoms. The van der Waals surface area contributed by atoms with Crippen molar-refractivity contribution in [2.75, 3.05) is 18.5 Å². The second-order valence-electron chi connectivity index (χ2n) is 17.3. The molecule has 0 radical (unpaired) electrons. The summed E-state index contributed by atoms with van der Waals surface area (Å²) in [4.78, 5) is 29.1. The predicted octanol–water partition coefficient (Wildman–Crippen LogP) is 12.0. The van der Waals surface area contributed by atoms with Gasteiger partial charge in [0, 0.05) is 52.2 Å². The summed E-state index contributed by atoms with van der Waals surface area (Å²) in [5, 5.41) is 24.5. The van der Waals surface area contributed by atoms with E-state index in [-0.39, 0.29) is 28.1 Å². The zero-order valence-electron chi connectivity index (χ0n) is 35.6. The number of fused-ring (bicyclic) bond motifs is 2. The van der Waals surface area contributed by atoms with Gasteiger partial charge < -0.3 is 15.1 Å². The minimum atomic E-state index is -0.923. The summed E-state index contributed by atoms with van der Waals surface area (Å²) >= 11 is 0. The Hall–Kier alpha value is -3.93. The fourth-order valence-corrected chi connectivity index (χ4v) is 9.61. The first kappa shape index (κ1) is 43.2. The highest BCUT2D eigenvalue weighted by atomic mass is 16.4. The third kappa shape index (κ3) is 9.27. The third-order valence-corrected chi connectivity index (χ3v) is 13.0. The van der Waals surface area contributed by atoms with Gasteiger partial charge in [-0.25, -0.2) is 4.79 Å². The lowest BCUT2D eigenvalue weighted by Crippen LogP contribution is -2.36. The maximum Gasteiger partial charge on any atom is 0.335 e. The summed E-state index contributed by atoms with van der Waals surface area (Å²) < 4.78 is 2.11. The molecule has 1 atom stereocenters. The van der Waals surface area contributed by atoms with Crippen LogP contribution in [0.5, 0.6) is 0 Å². The highest BCUT2D eigenvalue weighted by Gasteiger charge is 2.48. The van der Waals surface area contributed by atoms with Gasteiger partial charge in [0.25, 0.3) is 0 Å². The van der Waals surface area contributed by atoms with Gasteiger partial charge in [0.15, 0.2) is 11.5 Å². The largest absolute Gasteiger partial charge is 0.871 e. The van der Waals surface area contributed by atoms with E-state index in [0.717, 1.165) is 99.1 Å². The lowest BCUT2D eigenvalue weighted by molar-refractivity contribution is -0.401. The van der Waals surface area contributed by atoms with Crippen LogP contribution in [-0.4, -0.2) is 40.7 Å². The van der Waals surface area contributed by atoms with E-state index in [9.17, 15) is 19.8 Å². The number of ketones is 1. The fraction of sp³-hybridized carbons (Fsp3) is 0.580. The van der Waals surface area contributed by atoms with Crippen LogP contribution < -0.4 is 10.0 Å². The number of rotatable bonds is 24. The monoisotopic (exact) mass is 763 g/mol. The van der Waals surface area contributed by atoms with E-state index in [1.807, 2.05) is 43.5 Å². The average Bonchev–Trinajstić information content (AvgIpc) is 3.55. The van der Waals surface area contributed by atoms with Crippen LogP contribution in [0.2, 0.25) is 0 Å². The number of Topliss-reactive ketones (excluding diaryl/α,β-unsaturated/α-hetero) is 1. The number of anilines is 1. The van der Waals surface area contributed by atoms with Crippen molar-refractivity contribution < 1.29 is 24.4 Å². The molecule has 2 aliphatic heterocycles. The minimum absolute atomic E-state index is 0.191. The molecule has 1 aliphatic carbocycles. The maximum atomic E-state index is 14.2. The molecule has 0 bridgehead atoms. The normalized spacial score (nSPS) is 20.0. The second-order valence-corrected chi connectivity index (χ2v) is 17.3. The summed E-state index contributed by atoms with van der Waals surface area (Å²) in [5.74, 6) is -1.30. The van der Waals surface area contributed by atoms with Crippen molar-refractivity contribution in [1.82, 2.24) is 0 Å². The van der Waals surface area contributed by atoms with E-state index in [4.69, 9.17) is 0 Å². The van der Waals surface area contributed by atoms with Gasteiger partial charge in [0.2, 0.25) is 5.69 Å². The van der Waals surface area contributed by atoms with Gasteiger partial charge in [0.05, 0.1) is 11.0 Å². The molecule has 0 fully saturated rings. The molecule has 0 saturated heterocycles. The molecule has 304 valence electrons.